The molecule has 1 aromatic heterocycles. The molecular formula is C22H35NO5. The topological polar surface area (TPSA) is 78.6 Å². The molecule has 0 N–H and O–H groups in total. The predicted molar refractivity (Wildman–Crippen MR) is 106 cm³/mol. The second-order valence-electron chi connectivity index (χ2n) is 8.71. The molecule has 1 heterocycles. The molecule has 6 nitrogen and oxygen atoms in total. The number of carbonyl (C=O) groups excluding carboxylic acids is 2. The first kappa shape index (κ1) is 22.4. The van der Waals surface area contributed by atoms with Gasteiger partial charge in [0.05, 0.1) is 13.0 Å². The minimum absolute atomic E-state index is 0.151. The van der Waals surface area contributed by atoms with E-state index in [2.05, 4.69) is 4.98 Å². The number of oxazole rings is 1. The third-order valence-corrected chi connectivity index (χ3v) is 5.08. The zero-order valence-electron chi connectivity index (χ0n) is 17.8. The summed E-state index contributed by atoms with van der Waals surface area (Å²) in [4.78, 5) is 28.5. The van der Waals surface area contributed by atoms with Crippen LogP contribution in [0.25, 0.3) is 0 Å². The maximum Gasteiger partial charge on any atom is 0.360 e. The molecule has 1 unspecified atom stereocenters. The number of aromatic nitrogens is 1. The van der Waals surface area contributed by atoms with E-state index in [1.165, 1.54) is 38.4 Å². The van der Waals surface area contributed by atoms with E-state index in [0.717, 1.165) is 25.2 Å². The van der Waals surface area contributed by atoms with E-state index in [0.29, 0.717) is 5.89 Å². The fourth-order valence-electron chi connectivity index (χ4n) is 3.80. The molecule has 0 spiro atoms. The summed E-state index contributed by atoms with van der Waals surface area (Å²) in [5.74, 6) is 0.233. The lowest BCUT2D eigenvalue weighted by Gasteiger charge is -2.23. The predicted octanol–water partition coefficient (Wildman–Crippen LogP) is 5.42. The number of ether oxygens (including phenoxy) is 2. The van der Waals surface area contributed by atoms with Crippen LogP contribution in [0.4, 0.5) is 0 Å². The van der Waals surface area contributed by atoms with Gasteiger partial charge in [-0.3, -0.25) is 4.79 Å². The summed E-state index contributed by atoms with van der Waals surface area (Å²) >= 11 is 0. The molecule has 0 amide bonds. The van der Waals surface area contributed by atoms with Gasteiger partial charge in [0, 0.05) is 5.92 Å². The number of rotatable bonds is 9. The van der Waals surface area contributed by atoms with E-state index in [9.17, 15) is 9.59 Å². The largest absolute Gasteiger partial charge is 0.461 e. The van der Waals surface area contributed by atoms with Gasteiger partial charge in [0.15, 0.2) is 11.6 Å². The molecule has 2 rings (SSSR count). The Morgan fingerprint density at radius 1 is 1.25 bits per heavy atom. The minimum Gasteiger partial charge on any atom is -0.461 e. The molecule has 0 radical (unpaired) electrons. The van der Waals surface area contributed by atoms with Gasteiger partial charge in [-0.1, -0.05) is 44.9 Å². The van der Waals surface area contributed by atoms with Crippen LogP contribution in [-0.4, -0.2) is 29.1 Å². The van der Waals surface area contributed by atoms with Gasteiger partial charge in [-0.2, -0.15) is 0 Å². The van der Waals surface area contributed by atoms with Crippen LogP contribution in [0.1, 0.15) is 108 Å². The fourth-order valence-corrected chi connectivity index (χ4v) is 3.80. The first-order valence-electron chi connectivity index (χ1n) is 10.6. The molecule has 0 saturated heterocycles. The lowest BCUT2D eigenvalue weighted by Crippen LogP contribution is -2.25. The Bertz CT molecular complexity index is 625. The number of hydrogen-bond acceptors (Lipinski definition) is 6. The maximum atomic E-state index is 12.4. The van der Waals surface area contributed by atoms with Crippen molar-refractivity contribution in [3.63, 3.8) is 0 Å². The third kappa shape index (κ3) is 7.64. The highest BCUT2D eigenvalue weighted by Gasteiger charge is 2.26. The van der Waals surface area contributed by atoms with Crippen molar-refractivity contribution in [2.45, 2.75) is 97.0 Å². The van der Waals surface area contributed by atoms with Crippen molar-refractivity contribution in [2.24, 2.45) is 5.92 Å². The molecule has 158 valence electrons. The first-order chi connectivity index (χ1) is 13.3. The third-order valence-electron chi connectivity index (χ3n) is 5.08. The number of nitrogens with zero attached hydrogens (tertiary/aromatic N) is 1. The molecule has 0 aliphatic heterocycles. The quantitative estimate of drug-likeness (QED) is 0.521. The highest BCUT2D eigenvalue weighted by atomic mass is 16.6. The van der Waals surface area contributed by atoms with Crippen molar-refractivity contribution in [2.75, 3.05) is 6.61 Å². The first-order valence-corrected chi connectivity index (χ1v) is 10.6. The molecule has 28 heavy (non-hydrogen) atoms. The van der Waals surface area contributed by atoms with Gasteiger partial charge >= 0.3 is 11.9 Å². The Morgan fingerprint density at radius 2 is 1.96 bits per heavy atom. The van der Waals surface area contributed by atoms with E-state index in [1.807, 2.05) is 20.8 Å². The van der Waals surface area contributed by atoms with Crippen molar-refractivity contribution in [3.05, 3.63) is 17.8 Å². The average molecular weight is 394 g/mol. The average Bonchev–Trinajstić information content (AvgIpc) is 3.10. The molecule has 1 atom stereocenters. The summed E-state index contributed by atoms with van der Waals surface area (Å²) < 4.78 is 16.0. The van der Waals surface area contributed by atoms with Crippen LogP contribution in [0, 0.1) is 5.92 Å². The Kier molecular flexibility index (Phi) is 8.52. The smallest absolute Gasteiger partial charge is 0.360 e. The van der Waals surface area contributed by atoms with Crippen LogP contribution in [0.5, 0.6) is 0 Å². The molecular weight excluding hydrogens is 358 g/mol. The summed E-state index contributed by atoms with van der Waals surface area (Å²) in [7, 11) is 0. The van der Waals surface area contributed by atoms with Crippen molar-refractivity contribution in [3.8, 4) is 0 Å². The molecule has 0 aromatic carbocycles. The van der Waals surface area contributed by atoms with Crippen LogP contribution < -0.4 is 0 Å². The normalized spacial score (nSPS) is 16.6. The SMILES string of the molecule is CCOC(=O)c1coc(C(CCCC2CCCCC2)CC(=O)OC(C)(C)C)n1. The van der Waals surface area contributed by atoms with Crippen molar-refractivity contribution in [1.82, 2.24) is 4.98 Å². The van der Waals surface area contributed by atoms with Gasteiger partial charge < -0.3 is 13.9 Å². The Balaban J connectivity index is 2.00. The standard InChI is InChI=1S/C22H35NO5/c1-5-26-21(25)18-15-27-20(23-18)17(14-19(24)28-22(2,3)4)13-9-12-16-10-7-6-8-11-16/h15-17H,5-14H2,1-4H3. The van der Waals surface area contributed by atoms with E-state index in [-0.39, 0.29) is 30.6 Å². The Morgan fingerprint density at radius 3 is 2.61 bits per heavy atom. The number of esters is 2. The highest BCUT2D eigenvalue weighted by Crippen LogP contribution is 2.31. The molecule has 1 aliphatic carbocycles. The van der Waals surface area contributed by atoms with Crippen molar-refractivity contribution < 1.29 is 23.5 Å². The molecule has 1 saturated carbocycles. The minimum atomic E-state index is -0.531. The van der Waals surface area contributed by atoms with Crippen LogP contribution >= 0.6 is 0 Å². The Labute approximate surface area is 168 Å². The van der Waals surface area contributed by atoms with Gasteiger partial charge in [-0.05, 0) is 40.0 Å². The van der Waals surface area contributed by atoms with E-state index in [1.54, 1.807) is 6.92 Å². The van der Waals surface area contributed by atoms with Gasteiger partial charge in [-0.15, -0.1) is 0 Å². The number of hydrogen-bond donors (Lipinski definition) is 0. The monoisotopic (exact) mass is 393 g/mol. The highest BCUT2D eigenvalue weighted by molar-refractivity contribution is 5.86. The Hall–Kier alpha value is -1.85. The summed E-state index contributed by atoms with van der Waals surface area (Å²) in [6.07, 6.45) is 11.1. The van der Waals surface area contributed by atoms with Crippen molar-refractivity contribution in [1.29, 1.82) is 0 Å². The lowest BCUT2D eigenvalue weighted by atomic mass is 9.84. The van der Waals surface area contributed by atoms with Gasteiger partial charge in [0.1, 0.15) is 11.9 Å². The van der Waals surface area contributed by atoms with E-state index >= 15 is 0 Å². The van der Waals surface area contributed by atoms with Gasteiger partial charge in [0.25, 0.3) is 0 Å². The zero-order chi connectivity index (χ0) is 20.6. The van der Waals surface area contributed by atoms with E-state index < -0.39 is 11.6 Å². The van der Waals surface area contributed by atoms with Gasteiger partial charge in [0.2, 0.25) is 0 Å². The number of carbonyl (C=O) groups is 2. The van der Waals surface area contributed by atoms with Crippen LogP contribution in [0.3, 0.4) is 0 Å². The summed E-state index contributed by atoms with van der Waals surface area (Å²) in [6.45, 7) is 7.59. The maximum absolute atomic E-state index is 12.4. The summed E-state index contributed by atoms with van der Waals surface area (Å²) in [5.41, 5.74) is -0.380. The van der Waals surface area contributed by atoms with Crippen molar-refractivity contribution >= 4 is 11.9 Å². The van der Waals surface area contributed by atoms with Crippen LogP contribution in [-0.2, 0) is 14.3 Å². The molecule has 0 bridgehead atoms. The van der Waals surface area contributed by atoms with E-state index in [4.69, 9.17) is 13.9 Å². The van der Waals surface area contributed by atoms with Crippen LogP contribution in [0.2, 0.25) is 0 Å². The second kappa shape index (κ2) is 10.6. The molecule has 1 aromatic rings. The molecule has 6 heteroatoms. The zero-order valence-corrected chi connectivity index (χ0v) is 17.8. The summed E-state index contributed by atoms with van der Waals surface area (Å²) in [6, 6.07) is 0. The van der Waals surface area contributed by atoms with Gasteiger partial charge in [-0.25, -0.2) is 9.78 Å². The lowest BCUT2D eigenvalue weighted by molar-refractivity contribution is -0.155. The second-order valence-corrected chi connectivity index (χ2v) is 8.71. The fraction of sp³-hybridized carbons (Fsp3) is 0.773. The summed E-state index contributed by atoms with van der Waals surface area (Å²) in [5, 5.41) is 0. The van der Waals surface area contributed by atoms with Crippen LogP contribution in [0.15, 0.2) is 10.7 Å². The molecule has 1 aliphatic rings. The molecule has 1 fully saturated rings.